The first-order chi connectivity index (χ1) is 14.3. The van der Waals surface area contributed by atoms with E-state index in [2.05, 4.69) is 21.2 Å². The van der Waals surface area contributed by atoms with E-state index in [1.54, 1.807) is 18.2 Å². The summed E-state index contributed by atoms with van der Waals surface area (Å²) in [5.74, 6) is -0.324. The Kier molecular flexibility index (Phi) is 7.18. The summed E-state index contributed by atoms with van der Waals surface area (Å²) in [7, 11) is 1.31. The number of hydrogen-bond acceptors (Lipinski definition) is 5. The minimum atomic E-state index is -0.533. The van der Waals surface area contributed by atoms with E-state index in [-0.39, 0.29) is 12.5 Å². The number of thiophene rings is 1. The van der Waals surface area contributed by atoms with E-state index in [9.17, 15) is 9.59 Å². The van der Waals surface area contributed by atoms with Crippen molar-refractivity contribution >= 4 is 55.7 Å². The van der Waals surface area contributed by atoms with Gasteiger partial charge in [0, 0.05) is 19.9 Å². The van der Waals surface area contributed by atoms with Gasteiger partial charge >= 0.3 is 5.97 Å². The van der Waals surface area contributed by atoms with E-state index in [4.69, 9.17) is 21.1 Å². The maximum absolute atomic E-state index is 12.5. The van der Waals surface area contributed by atoms with Gasteiger partial charge in [0.1, 0.15) is 16.3 Å². The number of amides is 1. The molecular weight excluding hydrogens is 490 g/mol. The molecule has 0 atom stereocenters. The Hall–Kier alpha value is -2.35. The molecule has 2 aromatic carbocycles. The molecule has 0 aliphatic carbocycles. The average Bonchev–Trinajstić information content (AvgIpc) is 3.03. The van der Waals surface area contributed by atoms with Gasteiger partial charge in [0.15, 0.2) is 6.61 Å². The van der Waals surface area contributed by atoms with Crippen molar-refractivity contribution in [3.63, 3.8) is 0 Å². The standard InChI is InChI=1S/C22H19BrClNO4S/c1-12-9-16(7-8-17(12)23)29-11-18(26)25-21-20(22(27)28-3)19(13(2)30-21)14-5-4-6-15(24)10-14/h4-10H,11H2,1-3H3,(H,25,26). The second kappa shape index (κ2) is 9.64. The lowest BCUT2D eigenvalue weighted by atomic mass is 10.0. The molecule has 0 saturated heterocycles. The van der Waals surface area contributed by atoms with Crippen LogP contribution in [-0.2, 0) is 9.53 Å². The molecule has 0 unspecified atom stereocenters. The minimum Gasteiger partial charge on any atom is -0.484 e. The second-order valence-electron chi connectivity index (χ2n) is 6.49. The van der Waals surface area contributed by atoms with Gasteiger partial charge in [0.2, 0.25) is 0 Å². The van der Waals surface area contributed by atoms with Crippen molar-refractivity contribution in [2.45, 2.75) is 13.8 Å². The smallest absolute Gasteiger partial charge is 0.341 e. The Morgan fingerprint density at radius 3 is 2.60 bits per heavy atom. The zero-order valence-corrected chi connectivity index (χ0v) is 19.7. The van der Waals surface area contributed by atoms with Crippen LogP contribution < -0.4 is 10.1 Å². The normalized spacial score (nSPS) is 10.6. The number of nitrogens with one attached hydrogen (secondary N) is 1. The number of hydrogen-bond donors (Lipinski definition) is 1. The predicted molar refractivity (Wildman–Crippen MR) is 124 cm³/mol. The quantitative estimate of drug-likeness (QED) is 0.400. The number of rotatable bonds is 6. The van der Waals surface area contributed by atoms with Crippen LogP contribution >= 0.6 is 38.9 Å². The summed E-state index contributed by atoms with van der Waals surface area (Å²) < 4.78 is 11.5. The van der Waals surface area contributed by atoms with Crippen LogP contribution in [0.1, 0.15) is 20.8 Å². The first-order valence-electron chi connectivity index (χ1n) is 8.96. The van der Waals surface area contributed by atoms with Crippen LogP contribution in [0.2, 0.25) is 5.02 Å². The highest BCUT2D eigenvalue weighted by Crippen LogP contribution is 2.41. The summed E-state index contributed by atoms with van der Waals surface area (Å²) in [5.41, 5.74) is 2.77. The van der Waals surface area contributed by atoms with Crippen molar-refractivity contribution in [1.29, 1.82) is 0 Å². The lowest BCUT2D eigenvalue weighted by Gasteiger charge is -2.10. The van der Waals surface area contributed by atoms with Gasteiger partial charge in [-0.1, -0.05) is 39.7 Å². The van der Waals surface area contributed by atoms with Crippen LogP contribution in [0.15, 0.2) is 46.9 Å². The highest BCUT2D eigenvalue weighted by Gasteiger charge is 2.25. The number of benzene rings is 2. The van der Waals surface area contributed by atoms with Crippen LogP contribution in [0.3, 0.4) is 0 Å². The molecule has 0 bridgehead atoms. The van der Waals surface area contributed by atoms with Gasteiger partial charge < -0.3 is 14.8 Å². The fraction of sp³-hybridized carbons (Fsp3) is 0.182. The molecule has 1 N–H and O–H groups in total. The SMILES string of the molecule is COC(=O)c1c(NC(=O)COc2ccc(Br)c(C)c2)sc(C)c1-c1cccc(Cl)c1. The molecule has 8 heteroatoms. The number of esters is 1. The third-order valence-corrected chi connectivity index (χ3v) is 6.48. The van der Waals surface area contributed by atoms with Crippen molar-refractivity contribution < 1.29 is 19.1 Å². The zero-order valence-electron chi connectivity index (χ0n) is 16.5. The van der Waals surface area contributed by atoms with E-state index in [1.165, 1.54) is 18.4 Å². The maximum Gasteiger partial charge on any atom is 0.341 e. The van der Waals surface area contributed by atoms with E-state index >= 15 is 0 Å². The molecule has 0 saturated carbocycles. The molecule has 0 aliphatic heterocycles. The molecule has 1 heterocycles. The summed E-state index contributed by atoms with van der Waals surface area (Å²) in [5, 5.41) is 3.74. The minimum absolute atomic E-state index is 0.189. The number of carbonyl (C=O) groups excluding carboxylic acids is 2. The average molecular weight is 509 g/mol. The molecule has 156 valence electrons. The molecule has 3 rings (SSSR count). The van der Waals surface area contributed by atoms with E-state index < -0.39 is 5.97 Å². The molecule has 0 fully saturated rings. The molecule has 5 nitrogen and oxygen atoms in total. The van der Waals surface area contributed by atoms with Gasteiger partial charge in [-0.3, -0.25) is 4.79 Å². The third kappa shape index (κ3) is 5.03. The first kappa shape index (κ1) is 22.3. The second-order valence-corrected chi connectivity index (χ2v) is 9.00. The summed E-state index contributed by atoms with van der Waals surface area (Å²) in [6.07, 6.45) is 0. The number of halogens is 2. The van der Waals surface area contributed by atoms with Crippen molar-refractivity contribution in [3.8, 4) is 16.9 Å². The zero-order chi connectivity index (χ0) is 21.8. The molecule has 0 aliphatic rings. The maximum atomic E-state index is 12.5. The van der Waals surface area contributed by atoms with E-state index in [0.29, 0.717) is 26.9 Å². The fourth-order valence-corrected chi connectivity index (χ4v) is 4.46. The Labute approximate surface area is 192 Å². The van der Waals surface area contributed by atoms with Gasteiger partial charge in [-0.15, -0.1) is 11.3 Å². The van der Waals surface area contributed by atoms with Crippen molar-refractivity contribution in [2.75, 3.05) is 19.0 Å². The highest BCUT2D eigenvalue weighted by molar-refractivity contribution is 9.10. The molecule has 1 amide bonds. The molecule has 0 radical (unpaired) electrons. The Bertz CT molecular complexity index is 1110. The number of ether oxygens (including phenoxy) is 2. The summed E-state index contributed by atoms with van der Waals surface area (Å²) in [6.45, 7) is 3.63. The van der Waals surface area contributed by atoms with Gasteiger partial charge in [0.25, 0.3) is 5.91 Å². The third-order valence-electron chi connectivity index (χ3n) is 4.34. The monoisotopic (exact) mass is 507 g/mol. The Balaban J connectivity index is 1.84. The fourth-order valence-electron chi connectivity index (χ4n) is 2.94. The summed E-state index contributed by atoms with van der Waals surface area (Å²) >= 11 is 10.9. The van der Waals surface area contributed by atoms with Crippen LogP contribution in [-0.4, -0.2) is 25.6 Å². The van der Waals surface area contributed by atoms with E-state index in [0.717, 1.165) is 20.5 Å². The highest BCUT2D eigenvalue weighted by atomic mass is 79.9. The number of methoxy groups -OCH3 is 1. The predicted octanol–water partition coefficient (Wildman–Crippen LogP) is 6.25. The van der Waals surface area contributed by atoms with Gasteiger partial charge in [-0.25, -0.2) is 4.79 Å². The van der Waals surface area contributed by atoms with Crippen molar-refractivity contribution in [2.24, 2.45) is 0 Å². The van der Waals surface area contributed by atoms with Crippen LogP contribution in [0, 0.1) is 13.8 Å². The van der Waals surface area contributed by atoms with Crippen LogP contribution in [0.25, 0.3) is 11.1 Å². The van der Waals surface area contributed by atoms with Gasteiger partial charge in [-0.2, -0.15) is 0 Å². The Morgan fingerprint density at radius 1 is 1.17 bits per heavy atom. The van der Waals surface area contributed by atoms with Crippen LogP contribution in [0.5, 0.6) is 5.75 Å². The molecule has 1 aromatic heterocycles. The Morgan fingerprint density at radius 2 is 1.93 bits per heavy atom. The lowest BCUT2D eigenvalue weighted by Crippen LogP contribution is -2.21. The van der Waals surface area contributed by atoms with Crippen LogP contribution in [0.4, 0.5) is 5.00 Å². The lowest BCUT2D eigenvalue weighted by molar-refractivity contribution is -0.118. The molecule has 3 aromatic rings. The van der Waals surface area contributed by atoms with E-state index in [1.807, 2.05) is 38.1 Å². The number of anilines is 1. The summed E-state index contributed by atoms with van der Waals surface area (Å²) in [6, 6.07) is 12.7. The topological polar surface area (TPSA) is 64.6 Å². The first-order valence-corrected chi connectivity index (χ1v) is 11.0. The number of aryl methyl sites for hydroxylation is 2. The van der Waals surface area contributed by atoms with Gasteiger partial charge in [0.05, 0.1) is 7.11 Å². The van der Waals surface area contributed by atoms with Gasteiger partial charge in [-0.05, 0) is 55.3 Å². The molecule has 30 heavy (non-hydrogen) atoms. The molecular formula is C22H19BrClNO4S. The largest absolute Gasteiger partial charge is 0.484 e. The number of carbonyl (C=O) groups is 2. The molecule has 0 spiro atoms. The summed E-state index contributed by atoms with van der Waals surface area (Å²) in [4.78, 5) is 25.9. The van der Waals surface area contributed by atoms with Crippen molar-refractivity contribution in [3.05, 3.63) is 68.0 Å². The van der Waals surface area contributed by atoms with Crippen molar-refractivity contribution in [1.82, 2.24) is 0 Å².